The van der Waals surface area contributed by atoms with Gasteiger partial charge in [0.1, 0.15) is 6.33 Å². The minimum absolute atomic E-state index is 0.0368. The lowest BCUT2D eigenvalue weighted by molar-refractivity contribution is -0.383. The lowest BCUT2D eigenvalue weighted by atomic mass is 10.00. The van der Waals surface area contributed by atoms with E-state index in [1.807, 2.05) is 4.90 Å². The number of hydrogen-bond donors (Lipinski definition) is 0. The number of aromatic nitrogens is 2. The maximum Gasteiger partial charge on any atom is 0.353 e. The van der Waals surface area contributed by atoms with Gasteiger partial charge < -0.3 is 14.5 Å². The third-order valence-electron chi connectivity index (χ3n) is 4.65. The Morgan fingerprint density at radius 3 is 2.70 bits per heavy atom. The molecule has 0 radical (unpaired) electrons. The lowest BCUT2D eigenvalue weighted by Crippen LogP contribution is -2.41. The smallest absolute Gasteiger partial charge is 0.353 e. The number of morpholine rings is 1. The highest BCUT2D eigenvalue weighted by Gasteiger charge is 2.33. The van der Waals surface area contributed by atoms with E-state index in [4.69, 9.17) is 4.74 Å². The number of rotatable bonds is 4. The van der Waals surface area contributed by atoms with Gasteiger partial charge in [-0.05, 0) is 25.7 Å². The Morgan fingerprint density at radius 1 is 1.26 bits per heavy atom. The molecule has 8 heteroatoms. The Balaban J connectivity index is 2.00. The van der Waals surface area contributed by atoms with Crippen molar-refractivity contribution in [2.45, 2.75) is 38.6 Å². The molecular weight excluding hydrogens is 298 g/mol. The molecule has 1 aromatic rings. The van der Waals surface area contributed by atoms with E-state index in [0.29, 0.717) is 44.0 Å². The van der Waals surface area contributed by atoms with Gasteiger partial charge in [-0.15, -0.1) is 0 Å². The van der Waals surface area contributed by atoms with Gasteiger partial charge in [0, 0.05) is 25.7 Å². The van der Waals surface area contributed by atoms with Crippen molar-refractivity contribution in [3.8, 4) is 0 Å². The molecule has 2 saturated heterocycles. The summed E-state index contributed by atoms with van der Waals surface area (Å²) in [6.07, 6.45) is 5.70. The van der Waals surface area contributed by atoms with Crippen molar-refractivity contribution in [2.75, 3.05) is 42.6 Å². The largest absolute Gasteiger partial charge is 0.378 e. The molecule has 2 aliphatic rings. The molecule has 0 saturated carbocycles. The Hall–Kier alpha value is -1.96. The summed E-state index contributed by atoms with van der Waals surface area (Å²) < 4.78 is 5.34. The molecule has 0 aliphatic carbocycles. The van der Waals surface area contributed by atoms with Crippen LogP contribution in [0.3, 0.4) is 0 Å². The first-order chi connectivity index (χ1) is 11.2. The van der Waals surface area contributed by atoms with E-state index in [-0.39, 0.29) is 10.6 Å². The molecule has 0 N–H and O–H groups in total. The van der Waals surface area contributed by atoms with Gasteiger partial charge >= 0.3 is 5.69 Å². The van der Waals surface area contributed by atoms with Crippen molar-refractivity contribution in [3.63, 3.8) is 0 Å². The summed E-state index contributed by atoms with van der Waals surface area (Å²) >= 11 is 0. The van der Waals surface area contributed by atoms with Crippen LogP contribution in [0, 0.1) is 10.1 Å². The Bertz CT molecular complexity index is 562. The van der Waals surface area contributed by atoms with Crippen LogP contribution in [-0.2, 0) is 4.74 Å². The second-order valence-electron chi connectivity index (χ2n) is 5.98. The van der Waals surface area contributed by atoms with Crippen molar-refractivity contribution in [2.24, 2.45) is 0 Å². The molecule has 126 valence electrons. The molecule has 2 aliphatic heterocycles. The third-order valence-corrected chi connectivity index (χ3v) is 4.65. The number of ether oxygens (including phenoxy) is 1. The van der Waals surface area contributed by atoms with E-state index in [9.17, 15) is 10.1 Å². The maximum absolute atomic E-state index is 11.8. The third kappa shape index (κ3) is 3.21. The van der Waals surface area contributed by atoms with E-state index in [2.05, 4.69) is 21.8 Å². The predicted molar refractivity (Wildman–Crippen MR) is 87.0 cm³/mol. The fourth-order valence-corrected chi connectivity index (χ4v) is 3.44. The Labute approximate surface area is 135 Å². The van der Waals surface area contributed by atoms with E-state index >= 15 is 0 Å². The van der Waals surface area contributed by atoms with Crippen LogP contribution in [-0.4, -0.2) is 53.8 Å². The monoisotopic (exact) mass is 321 g/mol. The van der Waals surface area contributed by atoms with Crippen LogP contribution in [0.15, 0.2) is 6.33 Å². The topological polar surface area (TPSA) is 84.6 Å². The van der Waals surface area contributed by atoms with Gasteiger partial charge in [-0.1, -0.05) is 6.92 Å². The molecule has 3 heterocycles. The summed E-state index contributed by atoms with van der Waals surface area (Å²) in [4.78, 5) is 24.0. The van der Waals surface area contributed by atoms with Crippen LogP contribution in [0.25, 0.3) is 0 Å². The van der Waals surface area contributed by atoms with Crippen LogP contribution >= 0.6 is 0 Å². The van der Waals surface area contributed by atoms with Crippen molar-refractivity contribution < 1.29 is 9.66 Å². The van der Waals surface area contributed by atoms with Crippen LogP contribution in [0.4, 0.5) is 17.3 Å². The summed E-state index contributed by atoms with van der Waals surface area (Å²) in [6.45, 7) is 5.32. The first-order valence-electron chi connectivity index (χ1n) is 8.31. The minimum atomic E-state index is -0.332. The standard InChI is InChI=1S/C15H23N5O3/c1-2-12-5-3-4-6-19(12)15-13(20(21)22)14(16-11-17-15)18-7-9-23-10-8-18/h11-12H,2-10H2,1H3. The average Bonchev–Trinajstić information content (AvgIpc) is 2.61. The molecular formula is C15H23N5O3. The molecule has 1 atom stereocenters. The summed E-state index contributed by atoms with van der Waals surface area (Å²) in [5.74, 6) is 0.891. The van der Waals surface area contributed by atoms with E-state index < -0.39 is 0 Å². The fourth-order valence-electron chi connectivity index (χ4n) is 3.44. The van der Waals surface area contributed by atoms with Gasteiger partial charge in [0.25, 0.3) is 0 Å². The van der Waals surface area contributed by atoms with Crippen LogP contribution < -0.4 is 9.80 Å². The highest BCUT2D eigenvalue weighted by atomic mass is 16.6. The molecule has 8 nitrogen and oxygen atoms in total. The second kappa shape index (κ2) is 7.08. The summed E-state index contributed by atoms with van der Waals surface area (Å²) in [7, 11) is 0. The highest BCUT2D eigenvalue weighted by molar-refractivity contribution is 5.71. The molecule has 0 bridgehead atoms. The molecule has 0 spiro atoms. The molecule has 0 aromatic carbocycles. The first kappa shape index (κ1) is 15.9. The molecule has 3 rings (SSSR count). The molecule has 1 aromatic heterocycles. The van der Waals surface area contributed by atoms with Crippen LogP contribution in [0.2, 0.25) is 0 Å². The summed E-state index contributed by atoms with van der Waals surface area (Å²) in [6, 6.07) is 0.315. The number of hydrogen-bond acceptors (Lipinski definition) is 7. The van der Waals surface area contributed by atoms with Crippen molar-refractivity contribution in [1.29, 1.82) is 0 Å². The normalized spacial score (nSPS) is 22.2. The van der Waals surface area contributed by atoms with Crippen LogP contribution in [0.1, 0.15) is 32.6 Å². The van der Waals surface area contributed by atoms with E-state index in [1.54, 1.807) is 0 Å². The lowest BCUT2D eigenvalue weighted by Gasteiger charge is -2.36. The Morgan fingerprint density at radius 2 is 2.00 bits per heavy atom. The van der Waals surface area contributed by atoms with Crippen molar-refractivity contribution in [3.05, 3.63) is 16.4 Å². The second-order valence-corrected chi connectivity index (χ2v) is 5.98. The predicted octanol–water partition coefficient (Wildman–Crippen LogP) is 1.99. The minimum Gasteiger partial charge on any atom is -0.378 e. The van der Waals surface area contributed by atoms with E-state index in [0.717, 1.165) is 25.8 Å². The van der Waals surface area contributed by atoms with Crippen molar-refractivity contribution in [1.82, 2.24) is 9.97 Å². The van der Waals surface area contributed by atoms with Gasteiger partial charge in [-0.25, -0.2) is 9.97 Å². The fraction of sp³-hybridized carbons (Fsp3) is 0.733. The van der Waals surface area contributed by atoms with Gasteiger partial charge in [-0.3, -0.25) is 10.1 Å². The van der Waals surface area contributed by atoms with E-state index in [1.165, 1.54) is 12.7 Å². The zero-order valence-corrected chi connectivity index (χ0v) is 13.5. The molecule has 23 heavy (non-hydrogen) atoms. The molecule has 2 fully saturated rings. The van der Waals surface area contributed by atoms with Crippen molar-refractivity contribution >= 4 is 17.3 Å². The first-order valence-corrected chi connectivity index (χ1v) is 8.31. The van der Waals surface area contributed by atoms with Crippen LogP contribution in [0.5, 0.6) is 0 Å². The SMILES string of the molecule is CCC1CCCCN1c1ncnc(N2CCOCC2)c1[N+](=O)[O-]. The van der Waals surface area contributed by atoms with Gasteiger partial charge in [0.05, 0.1) is 18.1 Å². The molecule has 0 amide bonds. The summed E-state index contributed by atoms with van der Waals surface area (Å²) in [5.41, 5.74) is 0.0368. The number of anilines is 2. The van der Waals surface area contributed by atoms with Gasteiger partial charge in [-0.2, -0.15) is 0 Å². The number of nitro groups is 1. The number of piperidine rings is 1. The molecule has 1 unspecified atom stereocenters. The summed E-state index contributed by atoms with van der Waals surface area (Å²) in [5, 5.41) is 11.8. The maximum atomic E-state index is 11.8. The average molecular weight is 321 g/mol. The quantitative estimate of drug-likeness (QED) is 0.619. The van der Waals surface area contributed by atoms with Gasteiger partial charge in [0.15, 0.2) is 0 Å². The number of nitrogens with zero attached hydrogens (tertiary/aromatic N) is 5. The highest BCUT2D eigenvalue weighted by Crippen LogP contribution is 2.37. The Kier molecular flexibility index (Phi) is 4.90. The zero-order chi connectivity index (χ0) is 16.2. The zero-order valence-electron chi connectivity index (χ0n) is 13.5. The van der Waals surface area contributed by atoms with Gasteiger partial charge in [0.2, 0.25) is 11.6 Å².